The lowest BCUT2D eigenvalue weighted by atomic mass is 9.97. The standard InChI is InChI=1S/C23H19N3O3/c27-19(13-20(28)23-24-15-25-26-23)18-14-29-21(12-11-16-7-3-1-4-8-16)22(18)17-9-5-2-6-10-17/h1-10,13-15,27H,11-12H2,(H,24,25,26). The van der Waals surface area contributed by atoms with Crippen LogP contribution in [0.15, 0.2) is 83.7 Å². The number of aryl methyl sites for hydroxylation is 2. The number of carbonyl (C=O) groups excluding carboxylic acids is 1. The number of aliphatic hydroxyl groups excluding tert-OH is 1. The molecule has 0 amide bonds. The number of H-pyrrole nitrogens is 1. The van der Waals surface area contributed by atoms with Crippen LogP contribution < -0.4 is 0 Å². The zero-order chi connectivity index (χ0) is 20.1. The Balaban J connectivity index is 1.68. The molecule has 2 aromatic heterocycles. The molecule has 0 atom stereocenters. The predicted octanol–water partition coefficient (Wildman–Crippen LogP) is 4.63. The number of aromatic nitrogens is 3. The Kier molecular flexibility index (Phi) is 5.33. The van der Waals surface area contributed by atoms with E-state index in [0.29, 0.717) is 12.0 Å². The molecule has 0 aliphatic rings. The Morgan fingerprint density at radius 1 is 1.03 bits per heavy atom. The molecule has 0 saturated heterocycles. The van der Waals surface area contributed by atoms with Gasteiger partial charge < -0.3 is 9.52 Å². The highest BCUT2D eigenvalue weighted by atomic mass is 16.3. The summed E-state index contributed by atoms with van der Waals surface area (Å²) in [5.41, 5.74) is 3.35. The van der Waals surface area contributed by atoms with Gasteiger partial charge in [0.1, 0.15) is 24.1 Å². The zero-order valence-corrected chi connectivity index (χ0v) is 15.6. The molecule has 29 heavy (non-hydrogen) atoms. The monoisotopic (exact) mass is 385 g/mol. The largest absolute Gasteiger partial charge is 0.507 e. The summed E-state index contributed by atoms with van der Waals surface area (Å²) in [5, 5.41) is 16.8. The number of rotatable bonds is 7. The molecule has 0 aliphatic heterocycles. The number of hydrogen-bond donors (Lipinski definition) is 2. The highest BCUT2D eigenvalue weighted by Crippen LogP contribution is 2.34. The lowest BCUT2D eigenvalue weighted by Crippen LogP contribution is -2.00. The van der Waals surface area contributed by atoms with Crippen LogP contribution in [-0.4, -0.2) is 26.1 Å². The quantitative estimate of drug-likeness (QED) is 0.275. The first kappa shape index (κ1) is 18.4. The summed E-state index contributed by atoms with van der Waals surface area (Å²) < 4.78 is 5.82. The topological polar surface area (TPSA) is 92.0 Å². The Morgan fingerprint density at radius 2 is 1.76 bits per heavy atom. The van der Waals surface area contributed by atoms with Crippen LogP contribution in [0.4, 0.5) is 0 Å². The third-order valence-corrected chi connectivity index (χ3v) is 4.61. The second kappa shape index (κ2) is 8.39. The first-order valence-corrected chi connectivity index (χ1v) is 9.23. The molecule has 2 N–H and O–H groups in total. The van der Waals surface area contributed by atoms with E-state index >= 15 is 0 Å². The van der Waals surface area contributed by atoms with Gasteiger partial charge in [-0.2, -0.15) is 5.10 Å². The molecule has 2 aromatic carbocycles. The third kappa shape index (κ3) is 4.16. The molecule has 0 aliphatic carbocycles. The zero-order valence-electron chi connectivity index (χ0n) is 15.6. The highest BCUT2D eigenvalue weighted by Gasteiger charge is 2.19. The Hall–Kier alpha value is -3.93. The molecule has 6 nitrogen and oxygen atoms in total. The Labute approximate surface area is 167 Å². The van der Waals surface area contributed by atoms with Gasteiger partial charge in [-0.3, -0.25) is 9.89 Å². The van der Waals surface area contributed by atoms with Crippen LogP contribution in [0.1, 0.15) is 27.5 Å². The molecule has 4 rings (SSSR count). The van der Waals surface area contributed by atoms with Crippen molar-refractivity contribution in [3.63, 3.8) is 0 Å². The normalized spacial score (nSPS) is 11.5. The fraction of sp³-hybridized carbons (Fsp3) is 0.0870. The van der Waals surface area contributed by atoms with E-state index in [9.17, 15) is 9.90 Å². The van der Waals surface area contributed by atoms with Gasteiger partial charge >= 0.3 is 0 Å². The summed E-state index contributed by atoms with van der Waals surface area (Å²) in [6.07, 6.45) is 5.32. The molecule has 0 bridgehead atoms. The Bertz CT molecular complexity index is 1110. The van der Waals surface area contributed by atoms with Gasteiger partial charge in [-0.05, 0) is 17.5 Å². The summed E-state index contributed by atoms with van der Waals surface area (Å²) in [5.74, 6) is 0.165. The number of furan rings is 1. The fourth-order valence-electron chi connectivity index (χ4n) is 3.19. The molecule has 0 radical (unpaired) electrons. The van der Waals surface area contributed by atoms with Crippen molar-refractivity contribution in [3.8, 4) is 11.1 Å². The second-order valence-corrected chi connectivity index (χ2v) is 6.53. The maximum atomic E-state index is 12.3. The first-order valence-electron chi connectivity index (χ1n) is 9.23. The van der Waals surface area contributed by atoms with Crippen molar-refractivity contribution in [1.29, 1.82) is 0 Å². The average molecular weight is 385 g/mol. The minimum absolute atomic E-state index is 0.0607. The summed E-state index contributed by atoms with van der Waals surface area (Å²) in [7, 11) is 0. The minimum Gasteiger partial charge on any atom is -0.507 e. The molecular weight excluding hydrogens is 366 g/mol. The van der Waals surface area contributed by atoms with Crippen molar-refractivity contribution >= 4 is 11.5 Å². The molecule has 0 saturated carbocycles. The van der Waals surface area contributed by atoms with E-state index in [1.807, 2.05) is 48.5 Å². The molecule has 0 unspecified atom stereocenters. The van der Waals surface area contributed by atoms with E-state index in [4.69, 9.17) is 4.42 Å². The highest BCUT2D eigenvalue weighted by molar-refractivity contribution is 6.05. The number of hydrogen-bond acceptors (Lipinski definition) is 5. The lowest BCUT2D eigenvalue weighted by molar-refractivity contribution is 0.103. The number of benzene rings is 2. The smallest absolute Gasteiger partial charge is 0.226 e. The van der Waals surface area contributed by atoms with Crippen LogP contribution >= 0.6 is 0 Å². The van der Waals surface area contributed by atoms with Crippen LogP contribution in [-0.2, 0) is 12.8 Å². The second-order valence-electron chi connectivity index (χ2n) is 6.53. The lowest BCUT2D eigenvalue weighted by Gasteiger charge is -2.07. The number of aliphatic hydroxyl groups is 1. The predicted molar refractivity (Wildman–Crippen MR) is 109 cm³/mol. The number of nitrogens with one attached hydrogen (secondary N) is 1. The van der Waals surface area contributed by atoms with Crippen LogP contribution in [0, 0.1) is 0 Å². The first-order chi connectivity index (χ1) is 14.2. The van der Waals surface area contributed by atoms with Gasteiger partial charge in [0.2, 0.25) is 5.78 Å². The molecule has 144 valence electrons. The minimum atomic E-state index is -0.467. The van der Waals surface area contributed by atoms with E-state index in [1.165, 1.54) is 18.2 Å². The Morgan fingerprint density at radius 3 is 2.45 bits per heavy atom. The van der Waals surface area contributed by atoms with Crippen LogP contribution in [0.2, 0.25) is 0 Å². The molecule has 0 spiro atoms. The molecule has 0 fully saturated rings. The summed E-state index contributed by atoms with van der Waals surface area (Å²) >= 11 is 0. The van der Waals surface area contributed by atoms with Crippen molar-refractivity contribution in [2.45, 2.75) is 12.8 Å². The van der Waals surface area contributed by atoms with Crippen molar-refractivity contribution in [2.24, 2.45) is 0 Å². The van der Waals surface area contributed by atoms with Gasteiger partial charge in [-0.15, -0.1) is 0 Å². The van der Waals surface area contributed by atoms with E-state index in [-0.39, 0.29) is 11.6 Å². The van der Waals surface area contributed by atoms with Crippen LogP contribution in [0.3, 0.4) is 0 Å². The van der Waals surface area contributed by atoms with Crippen LogP contribution in [0.25, 0.3) is 16.9 Å². The van der Waals surface area contributed by atoms with Crippen molar-refractivity contribution in [3.05, 3.63) is 102 Å². The van der Waals surface area contributed by atoms with Gasteiger partial charge in [0.25, 0.3) is 0 Å². The summed E-state index contributed by atoms with van der Waals surface area (Å²) in [4.78, 5) is 16.1. The number of nitrogens with zero attached hydrogens (tertiary/aromatic N) is 2. The van der Waals surface area contributed by atoms with Gasteiger partial charge in [-0.25, -0.2) is 4.98 Å². The van der Waals surface area contributed by atoms with E-state index < -0.39 is 5.78 Å². The maximum Gasteiger partial charge on any atom is 0.226 e. The number of aromatic amines is 1. The number of carbonyl (C=O) groups is 1. The third-order valence-electron chi connectivity index (χ3n) is 4.61. The summed E-state index contributed by atoms with van der Waals surface area (Å²) in [6.45, 7) is 0. The van der Waals surface area contributed by atoms with Gasteiger partial charge in [0, 0.05) is 18.1 Å². The van der Waals surface area contributed by atoms with E-state index in [1.54, 1.807) is 0 Å². The average Bonchev–Trinajstić information content (AvgIpc) is 3.44. The van der Waals surface area contributed by atoms with Crippen LogP contribution in [0.5, 0.6) is 0 Å². The molecular formula is C23H19N3O3. The molecule has 2 heterocycles. The fourth-order valence-corrected chi connectivity index (χ4v) is 3.19. The van der Waals surface area contributed by atoms with Gasteiger partial charge in [0.05, 0.1) is 5.56 Å². The SMILES string of the molecule is O=C(C=C(O)c1coc(CCc2ccccc2)c1-c1ccccc1)c1ncn[nH]1. The van der Waals surface area contributed by atoms with Crippen molar-refractivity contribution in [2.75, 3.05) is 0 Å². The van der Waals surface area contributed by atoms with Gasteiger partial charge in [-0.1, -0.05) is 60.7 Å². The summed E-state index contributed by atoms with van der Waals surface area (Å²) in [6, 6.07) is 19.8. The van der Waals surface area contributed by atoms with E-state index in [2.05, 4.69) is 27.3 Å². The van der Waals surface area contributed by atoms with Gasteiger partial charge in [0.15, 0.2) is 5.82 Å². The maximum absolute atomic E-state index is 12.3. The van der Waals surface area contributed by atoms with Crippen molar-refractivity contribution < 1.29 is 14.3 Å². The van der Waals surface area contributed by atoms with Crippen molar-refractivity contribution in [1.82, 2.24) is 15.2 Å². The number of allylic oxidation sites excluding steroid dienone is 1. The molecule has 4 aromatic rings. The number of ketones is 1. The molecule has 6 heteroatoms. The van der Waals surface area contributed by atoms with E-state index in [0.717, 1.165) is 29.4 Å².